The Balaban J connectivity index is 1.84. The van der Waals surface area contributed by atoms with E-state index in [2.05, 4.69) is 0 Å². The lowest BCUT2D eigenvalue weighted by Crippen LogP contribution is -2.59. The van der Waals surface area contributed by atoms with Crippen LogP contribution >= 0.6 is 0 Å². The van der Waals surface area contributed by atoms with Gasteiger partial charge in [0.15, 0.2) is 6.29 Å². The lowest BCUT2D eigenvalue weighted by atomic mass is 9.78. The summed E-state index contributed by atoms with van der Waals surface area (Å²) >= 11 is 0. The van der Waals surface area contributed by atoms with E-state index in [0.29, 0.717) is 38.3 Å². The smallest absolute Gasteiger partial charge is 0.311 e. The van der Waals surface area contributed by atoms with Gasteiger partial charge in [0.05, 0.1) is 36.4 Å². The van der Waals surface area contributed by atoms with Gasteiger partial charge in [-0.3, -0.25) is 19.7 Å². The molecule has 1 amide bonds. The van der Waals surface area contributed by atoms with Crippen molar-refractivity contribution in [1.82, 2.24) is 15.3 Å². The summed E-state index contributed by atoms with van der Waals surface area (Å²) in [5.41, 5.74) is -0.800. The Morgan fingerprint density at radius 1 is 1.05 bits per heavy atom. The first kappa shape index (κ1) is 46.9. The maximum absolute atomic E-state index is 13.5. The summed E-state index contributed by atoms with van der Waals surface area (Å²) in [5, 5.41) is 67.1. The minimum atomic E-state index is -1.79. The molecule has 2 aliphatic rings. The predicted molar refractivity (Wildman–Crippen MR) is 204 cm³/mol. The van der Waals surface area contributed by atoms with Gasteiger partial charge in [0, 0.05) is 37.5 Å². The standard InChI is InChI=1S/C40H69N3O12/c1-11-31-40(8,50)35(47)27(6)42(9)21-23(2)20-39(7,49)36(25(4)33(45)26(5)37(48)54-31)55-38-34(46)30(19-24(3)53-38)43(10)22-28-14-16-29(17-15-28)52-18-12-13-32(44)41-51/h14-17,23-27,30-31,33-36,38,45-47,49-51H,11-13,18-22H2,1-10H3,(H,41,44)/t23-,24-,25+,26-,27-,30+,31-,33+,34-,35-,36-,38+,39-,40-/m1/s1. The molecule has 0 bridgehead atoms. The monoisotopic (exact) mass is 783 g/mol. The molecule has 0 saturated carbocycles. The van der Waals surface area contributed by atoms with Crippen LogP contribution in [0.5, 0.6) is 5.75 Å². The number of hydrogen-bond donors (Lipinski definition) is 7. The third-order valence-electron chi connectivity index (χ3n) is 11.7. The zero-order chi connectivity index (χ0) is 41.4. The molecule has 0 aromatic heterocycles. The summed E-state index contributed by atoms with van der Waals surface area (Å²) in [6, 6.07) is 6.56. The van der Waals surface area contributed by atoms with Crippen LogP contribution < -0.4 is 10.2 Å². The highest BCUT2D eigenvalue weighted by atomic mass is 16.7. The number of esters is 1. The Morgan fingerprint density at radius 2 is 1.69 bits per heavy atom. The first-order chi connectivity index (χ1) is 25.6. The third kappa shape index (κ3) is 12.3. The van der Waals surface area contributed by atoms with Crippen molar-refractivity contribution in [2.75, 3.05) is 27.2 Å². The minimum absolute atomic E-state index is 0.147. The molecular weight excluding hydrogens is 714 g/mol. The van der Waals surface area contributed by atoms with Gasteiger partial charge in [0.1, 0.15) is 29.7 Å². The van der Waals surface area contributed by atoms with E-state index in [4.69, 9.17) is 24.2 Å². The predicted octanol–water partition coefficient (Wildman–Crippen LogP) is 2.21. The molecule has 55 heavy (non-hydrogen) atoms. The van der Waals surface area contributed by atoms with E-state index in [0.717, 1.165) is 5.56 Å². The number of aliphatic hydroxyl groups excluding tert-OH is 3. The molecule has 0 radical (unpaired) electrons. The number of ether oxygens (including phenoxy) is 4. The van der Waals surface area contributed by atoms with E-state index in [1.54, 1.807) is 33.2 Å². The molecule has 2 fully saturated rings. The van der Waals surface area contributed by atoms with Crippen molar-refractivity contribution in [2.24, 2.45) is 17.8 Å². The number of carbonyl (C=O) groups excluding carboxylic acids is 2. The number of nitrogens with zero attached hydrogens (tertiary/aromatic N) is 2. The Bertz CT molecular complexity index is 1350. The molecule has 15 nitrogen and oxygen atoms in total. The summed E-state index contributed by atoms with van der Waals surface area (Å²) < 4.78 is 24.2. The largest absolute Gasteiger partial charge is 0.494 e. The number of rotatable bonds is 11. The minimum Gasteiger partial charge on any atom is -0.494 e. The number of amides is 1. The van der Waals surface area contributed by atoms with Gasteiger partial charge in [-0.2, -0.15) is 0 Å². The van der Waals surface area contributed by atoms with Gasteiger partial charge < -0.3 is 49.4 Å². The maximum atomic E-state index is 13.5. The van der Waals surface area contributed by atoms with Gasteiger partial charge >= 0.3 is 5.97 Å². The van der Waals surface area contributed by atoms with Crippen LogP contribution in [-0.4, -0.2) is 146 Å². The maximum Gasteiger partial charge on any atom is 0.311 e. The van der Waals surface area contributed by atoms with Gasteiger partial charge in [0.25, 0.3) is 0 Å². The molecular formula is C40H69N3O12. The van der Waals surface area contributed by atoms with Crippen LogP contribution in [0, 0.1) is 17.8 Å². The second-order valence-electron chi connectivity index (χ2n) is 16.7. The summed E-state index contributed by atoms with van der Waals surface area (Å²) in [4.78, 5) is 28.6. The highest BCUT2D eigenvalue weighted by molar-refractivity contribution is 5.74. The second kappa shape index (κ2) is 20.3. The van der Waals surface area contributed by atoms with E-state index in [9.17, 15) is 35.1 Å². The van der Waals surface area contributed by atoms with E-state index in [1.807, 2.05) is 62.0 Å². The van der Waals surface area contributed by atoms with E-state index in [-0.39, 0.29) is 31.3 Å². The molecule has 0 unspecified atom stereocenters. The Labute approximate surface area is 326 Å². The van der Waals surface area contributed by atoms with Crippen LogP contribution in [0.2, 0.25) is 0 Å². The zero-order valence-electron chi connectivity index (χ0n) is 34.4. The fraction of sp³-hybridized carbons (Fsp3) is 0.800. The zero-order valence-corrected chi connectivity index (χ0v) is 34.4. The Hall–Kier alpha value is -2.44. The van der Waals surface area contributed by atoms with Crippen molar-refractivity contribution in [3.63, 3.8) is 0 Å². The van der Waals surface area contributed by atoms with Crippen molar-refractivity contribution in [3.05, 3.63) is 29.8 Å². The molecule has 7 N–H and O–H groups in total. The van der Waals surface area contributed by atoms with Gasteiger partial charge in [-0.05, 0) is 98.0 Å². The molecule has 3 rings (SSSR count). The number of likely N-dealkylation sites (N-methyl/N-ethyl adjacent to an activating group) is 2. The van der Waals surface area contributed by atoms with Crippen LogP contribution in [0.25, 0.3) is 0 Å². The van der Waals surface area contributed by atoms with Gasteiger partial charge in [0.2, 0.25) is 5.91 Å². The first-order valence-corrected chi connectivity index (χ1v) is 19.7. The fourth-order valence-corrected chi connectivity index (χ4v) is 8.24. The molecule has 316 valence electrons. The Kier molecular flexibility index (Phi) is 17.3. The lowest BCUT2D eigenvalue weighted by molar-refractivity contribution is -0.300. The molecule has 1 aromatic carbocycles. The summed E-state index contributed by atoms with van der Waals surface area (Å²) in [5.74, 6) is -2.70. The molecule has 0 spiro atoms. The molecule has 15 heteroatoms. The average molecular weight is 784 g/mol. The first-order valence-electron chi connectivity index (χ1n) is 19.7. The highest BCUT2D eigenvalue weighted by Gasteiger charge is 2.50. The number of aliphatic hydroxyl groups is 5. The van der Waals surface area contributed by atoms with Crippen LogP contribution in [-0.2, 0) is 30.3 Å². The van der Waals surface area contributed by atoms with Gasteiger partial charge in [-0.15, -0.1) is 0 Å². The topological polar surface area (TPSA) is 211 Å². The lowest BCUT2D eigenvalue weighted by Gasteiger charge is -2.47. The number of nitrogens with one attached hydrogen (secondary N) is 1. The normalized spacial score (nSPS) is 38.8. The van der Waals surface area contributed by atoms with Crippen LogP contribution in [0.4, 0.5) is 0 Å². The van der Waals surface area contributed by atoms with Crippen LogP contribution in [0.1, 0.15) is 93.1 Å². The van der Waals surface area contributed by atoms with Crippen molar-refractivity contribution in [1.29, 1.82) is 0 Å². The molecule has 0 aliphatic carbocycles. The summed E-state index contributed by atoms with van der Waals surface area (Å²) in [6.07, 6.45) is -5.93. The van der Waals surface area contributed by atoms with E-state index >= 15 is 0 Å². The summed E-state index contributed by atoms with van der Waals surface area (Å²) in [7, 11) is 3.72. The summed E-state index contributed by atoms with van der Waals surface area (Å²) in [6.45, 7) is 14.9. The van der Waals surface area contributed by atoms with E-state index in [1.165, 1.54) is 13.8 Å². The molecule has 2 aliphatic heterocycles. The molecule has 2 heterocycles. The molecule has 2 saturated heterocycles. The number of hydrogen-bond acceptors (Lipinski definition) is 14. The number of cyclic esters (lactones) is 1. The third-order valence-corrected chi connectivity index (χ3v) is 11.7. The van der Waals surface area contributed by atoms with Crippen molar-refractivity contribution in [2.45, 2.75) is 160 Å². The van der Waals surface area contributed by atoms with Crippen molar-refractivity contribution in [3.8, 4) is 5.75 Å². The highest BCUT2D eigenvalue weighted by Crippen LogP contribution is 2.37. The van der Waals surface area contributed by atoms with Crippen LogP contribution in [0.15, 0.2) is 24.3 Å². The van der Waals surface area contributed by atoms with Gasteiger partial charge in [-0.25, -0.2) is 5.48 Å². The molecule has 1 aromatic rings. The quantitative estimate of drug-likeness (QED) is 0.0743. The Morgan fingerprint density at radius 3 is 2.29 bits per heavy atom. The second-order valence-corrected chi connectivity index (χ2v) is 16.7. The van der Waals surface area contributed by atoms with Crippen molar-refractivity contribution >= 4 is 11.9 Å². The van der Waals surface area contributed by atoms with Crippen LogP contribution in [0.3, 0.4) is 0 Å². The number of benzene rings is 1. The molecule has 14 atom stereocenters. The van der Waals surface area contributed by atoms with E-state index < -0.39 is 83.8 Å². The average Bonchev–Trinajstić information content (AvgIpc) is 3.13. The van der Waals surface area contributed by atoms with Gasteiger partial charge in [-0.1, -0.05) is 32.9 Å². The fourth-order valence-electron chi connectivity index (χ4n) is 8.24. The number of carbonyl (C=O) groups is 2. The number of hydroxylamine groups is 1. The SMILES string of the molecule is CC[C@H]1OC(=O)[C@H](C)[C@@H](O)[C@H](C)[C@@H](O[C@@H]2O[C@H](C)C[C@H](N(C)Cc3ccc(OCCCC(=O)NO)cc3)[C@H]2O)[C@](C)(O)C[C@@H](C)CN(C)[C@H](C)[C@@H](O)[C@]1(C)O. The van der Waals surface area contributed by atoms with Crippen molar-refractivity contribution < 1.29 is 59.3 Å².